The number of carbonyl (C=O) groups excluding carboxylic acids is 2. The number of methoxy groups -OCH3 is 2. The number of nitrogens with zero attached hydrogens (tertiary/aromatic N) is 3. The van der Waals surface area contributed by atoms with Crippen molar-refractivity contribution in [3.05, 3.63) is 76.0 Å². The van der Waals surface area contributed by atoms with Gasteiger partial charge in [-0.25, -0.2) is 14.8 Å². The van der Waals surface area contributed by atoms with Crippen LogP contribution in [0.1, 0.15) is 24.1 Å². The number of amides is 2. The Morgan fingerprint density at radius 3 is 2.15 bits per heavy atom. The molecule has 0 spiro atoms. The van der Waals surface area contributed by atoms with Crippen molar-refractivity contribution >= 4 is 35.2 Å². The zero-order valence-electron chi connectivity index (χ0n) is 26.2. The zero-order chi connectivity index (χ0) is 33.6. The Bertz CT molecular complexity index is 1700. The largest absolute Gasteiger partial charge is 0.481 e. The lowest BCUT2D eigenvalue weighted by molar-refractivity contribution is -0.119. The molecule has 6 rings (SSSR count). The number of hydrogen-bond donors (Lipinski definition) is 5. The third-order valence-corrected chi connectivity index (χ3v) is 8.81. The molecule has 0 radical (unpaired) electrons. The van der Waals surface area contributed by atoms with Crippen molar-refractivity contribution in [1.82, 2.24) is 41.7 Å². The minimum Gasteiger partial charge on any atom is -0.481 e. The van der Waals surface area contributed by atoms with Gasteiger partial charge in [-0.2, -0.15) is 0 Å². The Morgan fingerprint density at radius 2 is 1.50 bits per heavy atom. The Morgan fingerprint density at radius 1 is 0.833 bits per heavy atom. The van der Waals surface area contributed by atoms with E-state index in [2.05, 4.69) is 36.6 Å². The predicted octanol–water partition coefficient (Wildman–Crippen LogP) is 4.22. The van der Waals surface area contributed by atoms with Crippen molar-refractivity contribution in [1.29, 1.82) is 0 Å². The van der Waals surface area contributed by atoms with E-state index >= 15 is 0 Å². The Balaban J connectivity index is 1.20. The van der Waals surface area contributed by atoms with Crippen molar-refractivity contribution in [3.8, 4) is 45.4 Å². The molecule has 2 aliphatic rings. The lowest BCUT2D eigenvalue weighted by atomic mass is 9.98. The first kappa shape index (κ1) is 33.4. The van der Waals surface area contributed by atoms with Crippen LogP contribution in [-0.2, 0) is 22.7 Å². The summed E-state index contributed by atoms with van der Waals surface area (Å²) in [5.41, 5.74) is 8.07. The van der Waals surface area contributed by atoms with Crippen LogP contribution in [0.4, 0.5) is 4.79 Å². The standard InChI is InChI=1S/C33H34Cl2N8O5/c1-46-31-18(13-36-17-27-42-33(45)48-43-27)9-11-24(40-31)22-7-3-5-20(29(22)34)21-6-4-8-23(30(21)35)25-16-38-26(32(41-25)47-2)15-37-14-19-10-12-28(44)39-19/h3-9,11,16,19,27,36-37,43H,10,12-15,17H2,1-2H3,(H,39,44)(H,42,45)/t19-,27?/m0/s1. The number of hydrogen-bond acceptors (Lipinski definition) is 11. The molecule has 2 amide bonds. The van der Waals surface area contributed by atoms with Gasteiger partial charge in [-0.1, -0.05) is 65.7 Å². The van der Waals surface area contributed by atoms with Gasteiger partial charge < -0.3 is 35.6 Å². The van der Waals surface area contributed by atoms with Gasteiger partial charge in [-0.05, 0) is 12.5 Å². The molecule has 0 saturated carbocycles. The van der Waals surface area contributed by atoms with Gasteiger partial charge in [0, 0.05) is 66.5 Å². The molecule has 2 aliphatic heterocycles. The summed E-state index contributed by atoms with van der Waals surface area (Å²) in [5.74, 6) is 0.901. The molecule has 2 aromatic carbocycles. The first-order chi connectivity index (χ1) is 23.3. The zero-order valence-corrected chi connectivity index (χ0v) is 27.7. The van der Waals surface area contributed by atoms with E-state index in [0.717, 1.165) is 23.1 Å². The number of nitrogens with one attached hydrogen (secondary N) is 5. The van der Waals surface area contributed by atoms with Crippen LogP contribution in [0.3, 0.4) is 0 Å². The summed E-state index contributed by atoms with van der Waals surface area (Å²) in [6, 6.07) is 15.3. The highest BCUT2D eigenvalue weighted by molar-refractivity contribution is 6.39. The number of hydroxylamine groups is 1. The molecular formula is C33H34Cl2N8O5. The maximum absolute atomic E-state index is 11.5. The van der Waals surface area contributed by atoms with Crippen LogP contribution in [0.15, 0.2) is 54.7 Å². The summed E-state index contributed by atoms with van der Waals surface area (Å²) in [6.45, 7) is 1.95. The van der Waals surface area contributed by atoms with Gasteiger partial charge in [0.25, 0.3) is 0 Å². The highest BCUT2D eigenvalue weighted by Crippen LogP contribution is 2.42. The van der Waals surface area contributed by atoms with E-state index in [0.29, 0.717) is 82.6 Å². The molecule has 0 aliphatic carbocycles. The van der Waals surface area contributed by atoms with E-state index < -0.39 is 6.09 Å². The quantitative estimate of drug-likeness (QED) is 0.136. The Labute approximate surface area is 287 Å². The van der Waals surface area contributed by atoms with Gasteiger partial charge in [0.05, 0.1) is 41.8 Å². The normalized spacial score (nSPS) is 17.2. The molecule has 5 N–H and O–H groups in total. The summed E-state index contributed by atoms with van der Waals surface area (Å²) in [5, 5.41) is 13.1. The van der Waals surface area contributed by atoms with Crippen LogP contribution < -0.4 is 36.2 Å². The van der Waals surface area contributed by atoms with Crippen molar-refractivity contribution < 1.29 is 23.9 Å². The summed E-state index contributed by atoms with van der Waals surface area (Å²) < 4.78 is 11.2. The summed E-state index contributed by atoms with van der Waals surface area (Å²) in [4.78, 5) is 41.4. The first-order valence-corrected chi connectivity index (χ1v) is 16.1. The smallest absolute Gasteiger partial charge is 0.427 e. The topological polar surface area (TPSA) is 161 Å². The molecule has 48 heavy (non-hydrogen) atoms. The van der Waals surface area contributed by atoms with Crippen LogP contribution >= 0.6 is 23.2 Å². The molecule has 15 heteroatoms. The van der Waals surface area contributed by atoms with E-state index in [1.165, 1.54) is 0 Å². The van der Waals surface area contributed by atoms with E-state index in [9.17, 15) is 9.59 Å². The van der Waals surface area contributed by atoms with Crippen LogP contribution in [0.5, 0.6) is 11.8 Å². The number of pyridine rings is 1. The lowest BCUT2D eigenvalue weighted by Gasteiger charge is -2.16. The van der Waals surface area contributed by atoms with Gasteiger partial charge >= 0.3 is 6.09 Å². The summed E-state index contributed by atoms with van der Waals surface area (Å²) in [6.07, 6.45) is 2.18. The van der Waals surface area contributed by atoms with Crippen molar-refractivity contribution in [2.45, 2.75) is 38.1 Å². The summed E-state index contributed by atoms with van der Waals surface area (Å²) >= 11 is 14.1. The maximum Gasteiger partial charge on any atom is 0.427 e. The molecule has 1 unspecified atom stereocenters. The lowest BCUT2D eigenvalue weighted by Crippen LogP contribution is -2.41. The monoisotopic (exact) mass is 692 g/mol. The second kappa shape index (κ2) is 15.1. The van der Waals surface area contributed by atoms with E-state index in [-0.39, 0.29) is 18.1 Å². The molecule has 2 saturated heterocycles. The second-order valence-corrected chi connectivity index (χ2v) is 11.9. The SMILES string of the molecule is COc1nc(-c2cccc(-c3cccc(-c4cnc(CNC[C@@H]5CCC(=O)N5)c(OC)n4)c3Cl)c2Cl)ccc1CNCC1NOC(=O)N1. The van der Waals surface area contributed by atoms with Crippen LogP contribution in [0, 0.1) is 0 Å². The van der Waals surface area contributed by atoms with E-state index in [4.69, 9.17) is 42.6 Å². The number of aromatic nitrogens is 3. The molecule has 4 aromatic rings. The van der Waals surface area contributed by atoms with E-state index in [1.807, 2.05) is 48.5 Å². The fourth-order valence-electron chi connectivity index (χ4n) is 5.58. The van der Waals surface area contributed by atoms with Gasteiger partial charge in [0.15, 0.2) is 0 Å². The highest BCUT2D eigenvalue weighted by Gasteiger charge is 2.23. The molecule has 4 heterocycles. The fourth-order valence-corrected chi connectivity index (χ4v) is 6.23. The van der Waals surface area contributed by atoms with Gasteiger partial charge in [-0.3, -0.25) is 9.78 Å². The van der Waals surface area contributed by atoms with Gasteiger partial charge in [0.2, 0.25) is 17.7 Å². The average Bonchev–Trinajstić information content (AvgIpc) is 3.72. The first-order valence-electron chi connectivity index (χ1n) is 15.3. The number of ether oxygens (including phenoxy) is 2. The fraction of sp³-hybridized carbons (Fsp3) is 0.303. The molecule has 2 fully saturated rings. The van der Waals surface area contributed by atoms with Gasteiger partial charge in [-0.15, -0.1) is 5.48 Å². The molecule has 2 atom stereocenters. The molecule has 0 bridgehead atoms. The molecule has 2 aromatic heterocycles. The van der Waals surface area contributed by atoms with Crippen molar-refractivity contribution in [2.24, 2.45) is 0 Å². The van der Waals surface area contributed by atoms with Crippen LogP contribution in [-0.4, -0.2) is 66.5 Å². The number of benzene rings is 2. The van der Waals surface area contributed by atoms with Crippen LogP contribution in [0.25, 0.3) is 33.6 Å². The minimum absolute atomic E-state index is 0.0781. The van der Waals surface area contributed by atoms with Crippen LogP contribution in [0.2, 0.25) is 10.0 Å². The Hall–Kier alpha value is -4.53. The predicted molar refractivity (Wildman–Crippen MR) is 180 cm³/mol. The second-order valence-electron chi connectivity index (χ2n) is 11.2. The third kappa shape index (κ3) is 7.45. The van der Waals surface area contributed by atoms with Crippen molar-refractivity contribution in [3.63, 3.8) is 0 Å². The molecule has 250 valence electrons. The average molecular weight is 694 g/mol. The number of rotatable bonds is 13. The molecule has 13 nitrogen and oxygen atoms in total. The van der Waals surface area contributed by atoms with Gasteiger partial charge in [0.1, 0.15) is 11.9 Å². The number of halogens is 2. The molecular weight excluding hydrogens is 659 g/mol. The highest BCUT2D eigenvalue weighted by atomic mass is 35.5. The third-order valence-electron chi connectivity index (χ3n) is 7.99. The summed E-state index contributed by atoms with van der Waals surface area (Å²) in [7, 11) is 3.11. The Kier molecular flexibility index (Phi) is 10.5. The minimum atomic E-state index is -0.516. The van der Waals surface area contributed by atoms with E-state index in [1.54, 1.807) is 20.4 Å². The maximum atomic E-state index is 11.5. The number of carbonyl (C=O) groups is 2. The van der Waals surface area contributed by atoms with Crippen molar-refractivity contribution in [2.75, 3.05) is 27.3 Å².